The lowest BCUT2D eigenvalue weighted by Crippen LogP contribution is -2.04. The fourth-order valence-electron chi connectivity index (χ4n) is 1.49. The standard InChI is InChI=1S/C10H12N2O5/c1-3-17-7(2)9-5-4-8(11(13)14)6-10(9)12(15)16/h4-7H,3H2,1-2H3. The molecule has 0 aliphatic rings. The van der Waals surface area contributed by atoms with Crippen molar-refractivity contribution in [1.29, 1.82) is 0 Å². The molecule has 1 aromatic carbocycles. The largest absolute Gasteiger partial charge is 0.374 e. The zero-order valence-electron chi connectivity index (χ0n) is 9.45. The monoisotopic (exact) mass is 240 g/mol. The van der Waals surface area contributed by atoms with Gasteiger partial charge in [-0.2, -0.15) is 0 Å². The lowest BCUT2D eigenvalue weighted by molar-refractivity contribution is -0.394. The first-order valence-electron chi connectivity index (χ1n) is 5.01. The van der Waals surface area contributed by atoms with Gasteiger partial charge in [0.05, 0.1) is 27.6 Å². The summed E-state index contributed by atoms with van der Waals surface area (Å²) < 4.78 is 5.24. The second-order valence-electron chi connectivity index (χ2n) is 3.35. The molecule has 0 saturated carbocycles. The number of ether oxygens (including phenoxy) is 1. The minimum atomic E-state index is -0.665. The molecule has 0 heterocycles. The van der Waals surface area contributed by atoms with Crippen LogP contribution < -0.4 is 0 Å². The van der Waals surface area contributed by atoms with Crippen molar-refractivity contribution >= 4 is 11.4 Å². The van der Waals surface area contributed by atoms with Gasteiger partial charge in [0, 0.05) is 12.7 Å². The fourth-order valence-corrected chi connectivity index (χ4v) is 1.49. The second kappa shape index (κ2) is 5.35. The lowest BCUT2D eigenvalue weighted by atomic mass is 10.1. The van der Waals surface area contributed by atoms with E-state index < -0.39 is 16.0 Å². The highest BCUT2D eigenvalue weighted by Crippen LogP contribution is 2.30. The third-order valence-corrected chi connectivity index (χ3v) is 2.28. The Hall–Kier alpha value is -2.02. The predicted molar refractivity (Wildman–Crippen MR) is 59.8 cm³/mol. The summed E-state index contributed by atoms with van der Waals surface area (Å²) >= 11 is 0. The van der Waals surface area contributed by atoms with Crippen LogP contribution in [0.15, 0.2) is 18.2 Å². The Morgan fingerprint density at radius 2 is 1.94 bits per heavy atom. The first kappa shape index (κ1) is 13.0. The third-order valence-electron chi connectivity index (χ3n) is 2.28. The number of benzene rings is 1. The Bertz CT molecular complexity index is 446. The van der Waals surface area contributed by atoms with E-state index in [0.717, 1.165) is 6.07 Å². The van der Waals surface area contributed by atoms with E-state index in [2.05, 4.69) is 0 Å². The average molecular weight is 240 g/mol. The van der Waals surface area contributed by atoms with Gasteiger partial charge in [0.1, 0.15) is 0 Å². The van der Waals surface area contributed by atoms with Crippen LogP contribution in [0.25, 0.3) is 0 Å². The minimum Gasteiger partial charge on any atom is -0.374 e. The Balaban J connectivity index is 3.22. The van der Waals surface area contributed by atoms with Gasteiger partial charge < -0.3 is 4.74 Å². The molecule has 0 N–H and O–H groups in total. The van der Waals surface area contributed by atoms with Gasteiger partial charge in [-0.3, -0.25) is 20.2 Å². The van der Waals surface area contributed by atoms with Crippen LogP contribution in [-0.4, -0.2) is 16.5 Å². The number of non-ortho nitro benzene ring substituents is 1. The molecule has 0 bridgehead atoms. The second-order valence-corrected chi connectivity index (χ2v) is 3.35. The van der Waals surface area contributed by atoms with Crippen LogP contribution in [0.1, 0.15) is 25.5 Å². The quantitative estimate of drug-likeness (QED) is 0.582. The average Bonchev–Trinajstić information content (AvgIpc) is 2.28. The van der Waals surface area contributed by atoms with E-state index in [4.69, 9.17) is 4.74 Å². The molecule has 0 aromatic heterocycles. The van der Waals surface area contributed by atoms with E-state index in [9.17, 15) is 20.2 Å². The maximum absolute atomic E-state index is 10.8. The number of hydrogen-bond donors (Lipinski definition) is 0. The summed E-state index contributed by atoms with van der Waals surface area (Å²) in [7, 11) is 0. The van der Waals surface area contributed by atoms with Gasteiger partial charge in [0.15, 0.2) is 0 Å². The summed E-state index contributed by atoms with van der Waals surface area (Å²) in [5, 5.41) is 21.4. The van der Waals surface area contributed by atoms with Gasteiger partial charge in [-0.05, 0) is 19.9 Å². The van der Waals surface area contributed by atoms with Crippen molar-refractivity contribution in [2.45, 2.75) is 20.0 Å². The maximum atomic E-state index is 10.8. The van der Waals surface area contributed by atoms with Crippen LogP contribution in [0, 0.1) is 20.2 Å². The van der Waals surface area contributed by atoms with E-state index >= 15 is 0 Å². The molecule has 1 atom stereocenters. The summed E-state index contributed by atoms with van der Waals surface area (Å²) in [4.78, 5) is 20.1. The van der Waals surface area contributed by atoms with Crippen molar-refractivity contribution in [2.24, 2.45) is 0 Å². The Morgan fingerprint density at radius 3 is 2.41 bits per heavy atom. The molecule has 1 rings (SSSR count). The molecule has 7 heteroatoms. The number of nitrogens with zero attached hydrogens (tertiary/aromatic N) is 2. The molecule has 0 aliphatic carbocycles. The van der Waals surface area contributed by atoms with Crippen LogP contribution in [0.3, 0.4) is 0 Å². The highest BCUT2D eigenvalue weighted by atomic mass is 16.6. The number of hydrogen-bond acceptors (Lipinski definition) is 5. The molecule has 92 valence electrons. The molecule has 1 unspecified atom stereocenters. The summed E-state index contributed by atoms with van der Waals surface area (Å²) in [6, 6.07) is 3.54. The van der Waals surface area contributed by atoms with Crippen LogP contribution in [0.5, 0.6) is 0 Å². The van der Waals surface area contributed by atoms with E-state index in [0.29, 0.717) is 12.2 Å². The number of rotatable bonds is 5. The van der Waals surface area contributed by atoms with Crippen molar-refractivity contribution in [1.82, 2.24) is 0 Å². The highest BCUT2D eigenvalue weighted by molar-refractivity contribution is 5.50. The zero-order valence-corrected chi connectivity index (χ0v) is 9.45. The molecule has 0 radical (unpaired) electrons. The van der Waals surface area contributed by atoms with Crippen LogP contribution >= 0.6 is 0 Å². The number of nitro groups is 2. The van der Waals surface area contributed by atoms with Gasteiger partial charge in [0.25, 0.3) is 11.4 Å². The van der Waals surface area contributed by atoms with Gasteiger partial charge >= 0.3 is 0 Å². The first-order valence-corrected chi connectivity index (χ1v) is 5.01. The SMILES string of the molecule is CCOC(C)c1ccc([N+](=O)[O-])cc1[N+](=O)[O-]. The summed E-state index contributed by atoms with van der Waals surface area (Å²) in [6.45, 7) is 3.85. The minimum absolute atomic E-state index is 0.292. The van der Waals surface area contributed by atoms with Crippen molar-refractivity contribution in [3.05, 3.63) is 44.0 Å². The molecular weight excluding hydrogens is 228 g/mol. The lowest BCUT2D eigenvalue weighted by Gasteiger charge is -2.11. The molecule has 0 fully saturated rings. The molecule has 7 nitrogen and oxygen atoms in total. The van der Waals surface area contributed by atoms with Gasteiger partial charge in [-0.15, -0.1) is 0 Å². The molecule has 0 saturated heterocycles. The third kappa shape index (κ3) is 2.97. The van der Waals surface area contributed by atoms with Crippen LogP contribution in [-0.2, 0) is 4.74 Å². The van der Waals surface area contributed by atoms with Gasteiger partial charge in [0.2, 0.25) is 0 Å². The van der Waals surface area contributed by atoms with Gasteiger partial charge in [-0.25, -0.2) is 0 Å². The smallest absolute Gasteiger partial charge is 0.282 e. The molecule has 0 aliphatic heterocycles. The first-order chi connectivity index (χ1) is 7.97. The topological polar surface area (TPSA) is 95.5 Å². The predicted octanol–water partition coefficient (Wildman–Crippen LogP) is 2.60. The molecule has 17 heavy (non-hydrogen) atoms. The Kier molecular flexibility index (Phi) is 4.11. The molecule has 0 amide bonds. The van der Waals surface area contributed by atoms with E-state index in [1.165, 1.54) is 12.1 Å². The van der Waals surface area contributed by atoms with Crippen molar-refractivity contribution in [3.63, 3.8) is 0 Å². The number of nitro benzene ring substituents is 2. The van der Waals surface area contributed by atoms with Crippen molar-refractivity contribution in [2.75, 3.05) is 6.61 Å². The summed E-state index contributed by atoms with van der Waals surface area (Å²) in [5.74, 6) is 0. The van der Waals surface area contributed by atoms with Crippen molar-refractivity contribution in [3.8, 4) is 0 Å². The zero-order chi connectivity index (χ0) is 13.0. The Labute approximate surface area is 97.3 Å². The van der Waals surface area contributed by atoms with Crippen LogP contribution in [0.4, 0.5) is 11.4 Å². The summed E-state index contributed by atoms with van der Waals surface area (Å²) in [6.07, 6.45) is -0.471. The van der Waals surface area contributed by atoms with Crippen molar-refractivity contribution < 1.29 is 14.6 Å². The fraction of sp³-hybridized carbons (Fsp3) is 0.400. The van der Waals surface area contributed by atoms with E-state index in [-0.39, 0.29) is 11.4 Å². The maximum Gasteiger partial charge on any atom is 0.282 e. The highest BCUT2D eigenvalue weighted by Gasteiger charge is 2.22. The molecular formula is C10H12N2O5. The summed E-state index contributed by atoms with van der Waals surface area (Å²) in [5.41, 5.74) is -0.258. The molecule has 0 spiro atoms. The van der Waals surface area contributed by atoms with Crippen LogP contribution in [0.2, 0.25) is 0 Å². The van der Waals surface area contributed by atoms with E-state index in [1.807, 2.05) is 0 Å². The molecule has 1 aromatic rings. The Morgan fingerprint density at radius 1 is 1.29 bits per heavy atom. The van der Waals surface area contributed by atoms with E-state index in [1.54, 1.807) is 13.8 Å². The van der Waals surface area contributed by atoms with Gasteiger partial charge in [-0.1, -0.05) is 0 Å². The normalized spacial score (nSPS) is 12.1.